The van der Waals surface area contributed by atoms with E-state index in [1.54, 1.807) is 27.0 Å². The fourth-order valence-corrected chi connectivity index (χ4v) is 1.07. The summed E-state index contributed by atoms with van der Waals surface area (Å²) < 4.78 is 9.82. The van der Waals surface area contributed by atoms with Crippen molar-refractivity contribution in [3.05, 3.63) is 23.5 Å². The molecule has 14 heavy (non-hydrogen) atoms. The molecule has 0 aliphatic carbocycles. The summed E-state index contributed by atoms with van der Waals surface area (Å²) in [7, 11) is 1.56. The molecule has 0 aromatic carbocycles. The third kappa shape index (κ3) is 2.22. The van der Waals surface area contributed by atoms with Crippen LogP contribution < -0.4 is 4.74 Å². The molecule has 0 atom stereocenters. The molecule has 1 aromatic heterocycles. The van der Waals surface area contributed by atoms with E-state index >= 15 is 0 Å². The third-order valence-corrected chi connectivity index (χ3v) is 1.76. The zero-order chi connectivity index (χ0) is 10.6. The van der Waals surface area contributed by atoms with Gasteiger partial charge in [-0.1, -0.05) is 0 Å². The number of pyridine rings is 1. The van der Waals surface area contributed by atoms with Gasteiger partial charge in [-0.05, 0) is 25.5 Å². The Morgan fingerprint density at radius 3 is 2.79 bits per heavy atom. The van der Waals surface area contributed by atoms with Crippen LogP contribution in [0.2, 0.25) is 0 Å². The first-order chi connectivity index (χ1) is 6.69. The molecule has 0 bridgehead atoms. The van der Waals surface area contributed by atoms with E-state index in [9.17, 15) is 4.79 Å². The minimum atomic E-state index is -0.396. The molecule has 0 N–H and O–H groups in total. The molecule has 1 heterocycles. The van der Waals surface area contributed by atoms with Gasteiger partial charge in [-0.3, -0.25) is 0 Å². The fourth-order valence-electron chi connectivity index (χ4n) is 1.07. The number of carbonyl (C=O) groups excluding carboxylic acids is 1. The molecule has 0 saturated heterocycles. The normalized spacial score (nSPS) is 9.64. The van der Waals surface area contributed by atoms with E-state index in [1.807, 2.05) is 0 Å². The lowest BCUT2D eigenvalue weighted by atomic mass is 10.2. The summed E-state index contributed by atoms with van der Waals surface area (Å²) in [6, 6.07) is 1.75. The molecule has 0 aliphatic rings. The first-order valence-electron chi connectivity index (χ1n) is 4.36. The van der Waals surface area contributed by atoms with Crippen LogP contribution in [-0.4, -0.2) is 24.7 Å². The number of aryl methyl sites for hydroxylation is 1. The molecule has 0 radical (unpaired) electrons. The van der Waals surface area contributed by atoms with Crippen molar-refractivity contribution in [3.8, 4) is 5.75 Å². The van der Waals surface area contributed by atoms with E-state index in [1.165, 1.54) is 6.20 Å². The Kier molecular flexibility index (Phi) is 3.45. The van der Waals surface area contributed by atoms with Crippen LogP contribution in [0.4, 0.5) is 0 Å². The first-order valence-corrected chi connectivity index (χ1v) is 4.36. The number of carbonyl (C=O) groups is 1. The van der Waals surface area contributed by atoms with Gasteiger partial charge in [0.05, 0.1) is 19.9 Å². The molecular weight excluding hydrogens is 182 g/mol. The van der Waals surface area contributed by atoms with E-state index in [0.717, 1.165) is 5.56 Å². The van der Waals surface area contributed by atoms with Crippen molar-refractivity contribution in [1.82, 2.24) is 4.98 Å². The lowest BCUT2D eigenvalue weighted by Crippen LogP contribution is -2.09. The standard InChI is InChI=1S/C10H13NO3/c1-4-14-10(12)9-7(2)5-8(13-3)6-11-9/h5-6H,4H2,1-3H3. The predicted octanol–water partition coefficient (Wildman–Crippen LogP) is 1.58. The number of ether oxygens (including phenoxy) is 2. The number of nitrogens with zero attached hydrogens (tertiary/aromatic N) is 1. The monoisotopic (exact) mass is 195 g/mol. The van der Waals surface area contributed by atoms with Gasteiger partial charge in [-0.15, -0.1) is 0 Å². The van der Waals surface area contributed by atoms with Crippen molar-refractivity contribution in [3.63, 3.8) is 0 Å². The van der Waals surface area contributed by atoms with Gasteiger partial charge in [0, 0.05) is 0 Å². The lowest BCUT2D eigenvalue weighted by molar-refractivity contribution is 0.0518. The molecule has 1 rings (SSSR count). The summed E-state index contributed by atoms with van der Waals surface area (Å²) in [5.41, 5.74) is 1.09. The van der Waals surface area contributed by atoms with E-state index in [0.29, 0.717) is 18.1 Å². The SMILES string of the molecule is CCOC(=O)c1ncc(OC)cc1C. The van der Waals surface area contributed by atoms with Gasteiger partial charge in [-0.25, -0.2) is 9.78 Å². The Morgan fingerprint density at radius 1 is 1.57 bits per heavy atom. The average molecular weight is 195 g/mol. The topological polar surface area (TPSA) is 48.4 Å². The van der Waals surface area contributed by atoms with Gasteiger partial charge >= 0.3 is 5.97 Å². The van der Waals surface area contributed by atoms with Crippen molar-refractivity contribution < 1.29 is 14.3 Å². The highest BCUT2D eigenvalue weighted by atomic mass is 16.5. The Morgan fingerprint density at radius 2 is 2.29 bits per heavy atom. The highest BCUT2D eigenvalue weighted by Gasteiger charge is 2.11. The van der Waals surface area contributed by atoms with Crippen molar-refractivity contribution in [2.75, 3.05) is 13.7 Å². The van der Waals surface area contributed by atoms with Crippen LogP contribution in [0.5, 0.6) is 5.75 Å². The van der Waals surface area contributed by atoms with Crippen LogP contribution in [0.3, 0.4) is 0 Å². The number of methoxy groups -OCH3 is 1. The van der Waals surface area contributed by atoms with Crippen molar-refractivity contribution in [2.45, 2.75) is 13.8 Å². The van der Waals surface area contributed by atoms with E-state index in [-0.39, 0.29) is 0 Å². The van der Waals surface area contributed by atoms with Crippen LogP contribution in [-0.2, 0) is 4.74 Å². The second-order valence-corrected chi connectivity index (χ2v) is 2.76. The molecule has 76 valence electrons. The molecule has 0 aliphatic heterocycles. The molecular formula is C10H13NO3. The van der Waals surface area contributed by atoms with Crippen LogP contribution in [0, 0.1) is 6.92 Å². The number of rotatable bonds is 3. The molecule has 1 aromatic rings. The zero-order valence-electron chi connectivity index (χ0n) is 8.53. The lowest BCUT2D eigenvalue weighted by Gasteiger charge is -2.05. The quantitative estimate of drug-likeness (QED) is 0.687. The Balaban J connectivity index is 2.94. The van der Waals surface area contributed by atoms with Crippen molar-refractivity contribution >= 4 is 5.97 Å². The maximum Gasteiger partial charge on any atom is 0.357 e. The summed E-state index contributed by atoms with van der Waals surface area (Å²) in [5.74, 6) is 0.239. The van der Waals surface area contributed by atoms with Crippen LogP contribution in [0.1, 0.15) is 23.0 Å². The second-order valence-electron chi connectivity index (χ2n) is 2.76. The molecule has 0 saturated carbocycles. The largest absolute Gasteiger partial charge is 0.495 e. The van der Waals surface area contributed by atoms with Gasteiger partial charge in [0.25, 0.3) is 0 Å². The van der Waals surface area contributed by atoms with Gasteiger partial charge in [-0.2, -0.15) is 0 Å². The predicted molar refractivity (Wildman–Crippen MR) is 51.5 cm³/mol. The van der Waals surface area contributed by atoms with E-state index in [4.69, 9.17) is 9.47 Å². The Hall–Kier alpha value is -1.58. The van der Waals surface area contributed by atoms with E-state index in [2.05, 4.69) is 4.98 Å². The molecule has 0 fully saturated rings. The van der Waals surface area contributed by atoms with Crippen LogP contribution >= 0.6 is 0 Å². The van der Waals surface area contributed by atoms with Gasteiger partial charge in [0.2, 0.25) is 0 Å². The minimum absolute atomic E-state index is 0.340. The molecule has 0 spiro atoms. The van der Waals surface area contributed by atoms with Crippen molar-refractivity contribution in [1.29, 1.82) is 0 Å². The number of hydrogen-bond donors (Lipinski definition) is 0. The van der Waals surface area contributed by atoms with Crippen LogP contribution in [0.25, 0.3) is 0 Å². The zero-order valence-corrected chi connectivity index (χ0v) is 8.53. The Labute approximate surface area is 82.9 Å². The smallest absolute Gasteiger partial charge is 0.357 e. The molecule has 0 amide bonds. The first kappa shape index (κ1) is 10.5. The van der Waals surface area contributed by atoms with E-state index < -0.39 is 5.97 Å². The molecule has 4 nitrogen and oxygen atoms in total. The average Bonchev–Trinajstić information content (AvgIpc) is 2.17. The fraction of sp³-hybridized carbons (Fsp3) is 0.400. The molecule has 4 heteroatoms. The summed E-state index contributed by atoms with van der Waals surface area (Å²) in [5, 5.41) is 0. The molecule has 0 unspecified atom stereocenters. The van der Waals surface area contributed by atoms with Gasteiger partial charge < -0.3 is 9.47 Å². The summed E-state index contributed by atoms with van der Waals surface area (Å²) in [6.07, 6.45) is 1.50. The maximum absolute atomic E-state index is 11.3. The summed E-state index contributed by atoms with van der Waals surface area (Å²) in [4.78, 5) is 15.3. The highest BCUT2D eigenvalue weighted by molar-refractivity contribution is 5.88. The van der Waals surface area contributed by atoms with Crippen LogP contribution in [0.15, 0.2) is 12.3 Å². The number of aromatic nitrogens is 1. The number of esters is 1. The van der Waals surface area contributed by atoms with Crippen molar-refractivity contribution in [2.24, 2.45) is 0 Å². The Bertz CT molecular complexity index is 336. The minimum Gasteiger partial charge on any atom is -0.495 e. The summed E-state index contributed by atoms with van der Waals surface area (Å²) >= 11 is 0. The maximum atomic E-state index is 11.3. The van der Waals surface area contributed by atoms with Gasteiger partial charge in [0.15, 0.2) is 5.69 Å². The number of hydrogen-bond acceptors (Lipinski definition) is 4. The van der Waals surface area contributed by atoms with Gasteiger partial charge in [0.1, 0.15) is 5.75 Å². The second kappa shape index (κ2) is 4.60. The highest BCUT2D eigenvalue weighted by Crippen LogP contribution is 2.14. The summed E-state index contributed by atoms with van der Waals surface area (Å²) in [6.45, 7) is 3.91. The third-order valence-electron chi connectivity index (χ3n) is 1.76.